The Morgan fingerprint density at radius 1 is 1.11 bits per heavy atom. The first-order chi connectivity index (χ1) is 8.76. The molecule has 1 heterocycles. The van der Waals surface area contributed by atoms with Gasteiger partial charge < -0.3 is 15.1 Å². The summed E-state index contributed by atoms with van der Waals surface area (Å²) >= 11 is 0. The van der Waals surface area contributed by atoms with Gasteiger partial charge in [0.15, 0.2) is 0 Å². The number of para-hydroxylation sites is 1. The topological polar surface area (TPSA) is 46.9 Å². The van der Waals surface area contributed by atoms with Crippen molar-refractivity contribution in [1.82, 2.24) is 4.90 Å². The van der Waals surface area contributed by atoms with Crippen molar-refractivity contribution in [1.29, 1.82) is 0 Å². The van der Waals surface area contributed by atoms with Crippen molar-refractivity contribution in [2.75, 3.05) is 44.2 Å². The Kier molecular flexibility index (Phi) is 4.52. The van der Waals surface area contributed by atoms with Crippen molar-refractivity contribution in [3.8, 4) is 0 Å². The smallest absolute Gasteiger partial charge is 0.146 e. The van der Waals surface area contributed by atoms with E-state index in [1.165, 1.54) is 6.07 Å². The number of rotatable bonds is 4. The lowest BCUT2D eigenvalue weighted by atomic mass is 10.1. The molecule has 0 aliphatic carbocycles. The molecule has 1 aliphatic rings. The molecule has 0 bridgehead atoms. The maximum atomic E-state index is 13.9. The van der Waals surface area contributed by atoms with E-state index < -0.39 is 0 Å². The number of piperazine rings is 1. The van der Waals surface area contributed by atoms with Crippen molar-refractivity contribution in [2.45, 2.75) is 6.61 Å². The second-order valence-electron chi connectivity index (χ2n) is 4.46. The Labute approximate surface area is 106 Å². The third kappa shape index (κ3) is 2.80. The summed E-state index contributed by atoms with van der Waals surface area (Å²) in [7, 11) is 0. The first-order valence-electron chi connectivity index (χ1n) is 6.22. The molecular weight excluding hydrogens is 235 g/mol. The molecule has 2 N–H and O–H groups in total. The Bertz CT molecular complexity index is 393. The molecule has 5 heteroatoms. The maximum Gasteiger partial charge on any atom is 0.146 e. The van der Waals surface area contributed by atoms with Crippen molar-refractivity contribution in [3.05, 3.63) is 29.6 Å². The molecule has 0 spiro atoms. The molecule has 0 saturated carbocycles. The molecule has 1 aromatic rings. The lowest BCUT2D eigenvalue weighted by Crippen LogP contribution is -2.47. The van der Waals surface area contributed by atoms with Crippen LogP contribution in [0.25, 0.3) is 0 Å². The average molecular weight is 254 g/mol. The fourth-order valence-electron chi connectivity index (χ4n) is 2.38. The van der Waals surface area contributed by atoms with Gasteiger partial charge in [-0.2, -0.15) is 0 Å². The van der Waals surface area contributed by atoms with E-state index >= 15 is 0 Å². The number of aliphatic hydroxyl groups excluding tert-OH is 2. The lowest BCUT2D eigenvalue weighted by Gasteiger charge is -2.36. The highest BCUT2D eigenvalue weighted by atomic mass is 19.1. The number of halogens is 1. The summed E-state index contributed by atoms with van der Waals surface area (Å²) in [5.74, 6) is -0.280. The quantitative estimate of drug-likeness (QED) is 0.818. The van der Waals surface area contributed by atoms with Gasteiger partial charge >= 0.3 is 0 Å². The van der Waals surface area contributed by atoms with E-state index in [1.54, 1.807) is 12.1 Å². The summed E-state index contributed by atoms with van der Waals surface area (Å²) in [5.41, 5.74) is 1.15. The summed E-state index contributed by atoms with van der Waals surface area (Å²) in [6.45, 7) is 3.71. The van der Waals surface area contributed by atoms with E-state index in [0.717, 1.165) is 13.1 Å². The highest BCUT2D eigenvalue weighted by Crippen LogP contribution is 2.25. The van der Waals surface area contributed by atoms with Crippen LogP contribution in [0.4, 0.5) is 10.1 Å². The van der Waals surface area contributed by atoms with Crippen LogP contribution in [-0.2, 0) is 6.61 Å². The molecule has 0 radical (unpaired) electrons. The van der Waals surface area contributed by atoms with Crippen LogP contribution in [0.15, 0.2) is 18.2 Å². The van der Waals surface area contributed by atoms with Gasteiger partial charge in [-0.05, 0) is 6.07 Å². The zero-order valence-corrected chi connectivity index (χ0v) is 10.3. The van der Waals surface area contributed by atoms with Crippen LogP contribution in [0, 0.1) is 5.82 Å². The Balaban J connectivity index is 2.09. The first-order valence-corrected chi connectivity index (χ1v) is 6.22. The number of hydrogen-bond donors (Lipinski definition) is 2. The van der Waals surface area contributed by atoms with Crippen LogP contribution >= 0.6 is 0 Å². The van der Waals surface area contributed by atoms with Gasteiger partial charge in [-0.15, -0.1) is 0 Å². The summed E-state index contributed by atoms with van der Waals surface area (Å²) in [6, 6.07) is 4.79. The molecule has 1 aromatic carbocycles. The molecule has 0 aromatic heterocycles. The number of aliphatic hydroxyl groups is 2. The van der Waals surface area contributed by atoms with Crippen molar-refractivity contribution < 1.29 is 14.6 Å². The van der Waals surface area contributed by atoms with Crippen molar-refractivity contribution in [3.63, 3.8) is 0 Å². The summed E-state index contributed by atoms with van der Waals surface area (Å²) in [6.07, 6.45) is 0. The minimum atomic E-state index is -0.280. The summed E-state index contributed by atoms with van der Waals surface area (Å²) < 4.78 is 13.9. The molecule has 1 saturated heterocycles. The Morgan fingerprint density at radius 2 is 1.83 bits per heavy atom. The minimum Gasteiger partial charge on any atom is -0.395 e. The predicted molar refractivity (Wildman–Crippen MR) is 68.1 cm³/mol. The Morgan fingerprint density at radius 3 is 2.44 bits per heavy atom. The van der Waals surface area contributed by atoms with Gasteiger partial charge in [0, 0.05) is 38.3 Å². The Hall–Kier alpha value is -1.17. The summed E-state index contributed by atoms with van der Waals surface area (Å²) in [4.78, 5) is 4.12. The number of β-amino-alcohol motifs (C(OH)–C–C–N with tert-alkyl or cyclic N) is 1. The number of hydrogen-bond acceptors (Lipinski definition) is 4. The maximum absolute atomic E-state index is 13.9. The van der Waals surface area contributed by atoms with E-state index in [2.05, 4.69) is 4.90 Å². The van der Waals surface area contributed by atoms with Gasteiger partial charge in [0.1, 0.15) is 5.82 Å². The molecule has 0 amide bonds. The fraction of sp³-hybridized carbons (Fsp3) is 0.538. The predicted octanol–water partition coefficient (Wildman–Crippen LogP) is 0.432. The van der Waals surface area contributed by atoms with E-state index in [9.17, 15) is 9.50 Å². The molecule has 2 rings (SSSR count). The lowest BCUT2D eigenvalue weighted by molar-refractivity contribution is 0.188. The van der Waals surface area contributed by atoms with Crippen LogP contribution in [0.2, 0.25) is 0 Å². The van der Waals surface area contributed by atoms with Crippen LogP contribution in [0.5, 0.6) is 0 Å². The van der Waals surface area contributed by atoms with Crippen LogP contribution in [0.1, 0.15) is 5.56 Å². The molecule has 1 fully saturated rings. The fourth-order valence-corrected chi connectivity index (χ4v) is 2.38. The van der Waals surface area contributed by atoms with Crippen LogP contribution in [-0.4, -0.2) is 54.4 Å². The zero-order valence-electron chi connectivity index (χ0n) is 10.3. The van der Waals surface area contributed by atoms with E-state index in [1.807, 2.05) is 4.90 Å². The second kappa shape index (κ2) is 6.13. The van der Waals surface area contributed by atoms with Gasteiger partial charge in [0.05, 0.1) is 18.9 Å². The number of anilines is 1. The standard InChI is InChI=1S/C13H19FN2O2/c14-12-3-1-2-11(10-18)13(12)16-6-4-15(5-7-16)8-9-17/h1-3,17-18H,4-10H2. The molecule has 1 aliphatic heterocycles. The molecule has 0 unspecified atom stereocenters. The largest absolute Gasteiger partial charge is 0.395 e. The van der Waals surface area contributed by atoms with Gasteiger partial charge in [0.25, 0.3) is 0 Å². The summed E-state index contributed by atoms with van der Waals surface area (Å²) in [5, 5.41) is 18.2. The third-order valence-corrected chi connectivity index (χ3v) is 3.35. The third-order valence-electron chi connectivity index (χ3n) is 3.35. The van der Waals surface area contributed by atoms with Gasteiger partial charge in [-0.3, -0.25) is 4.90 Å². The second-order valence-corrected chi connectivity index (χ2v) is 4.46. The van der Waals surface area contributed by atoms with E-state index in [-0.39, 0.29) is 19.0 Å². The van der Waals surface area contributed by atoms with E-state index in [4.69, 9.17) is 5.11 Å². The number of benzene rings is 1. The van der Waals surface area contributed by atoms with Gasteiger partial charge in [-0.1, -0.05) is 12.1 Å². The van der Waals surface area contributed by atoms with Gasteiger partial charge in [0.2, 0.25) is 0 Å². The monoisotopic (exact) mass is 254 g/mol. The van der Waals surface area contributed by atoms with Crippen LogP contribution < -0.4 is 4.90 Å². The van der Waals surface area contributed by atoms with Crippen LogP contribution in [0.3, 0.4) is 0 Å². The normalized spacial score (nSPS) is 17.2. The molecule has 18 heavy (non-hydrogen) atoms. The van der Waals surface area contributed by atoms with Crippen molar-refractivity contribution in [2.24, 2.45) is 0 Å². The molecule has 4 nitrogen and oxygen atoms in total. The zero-order chi connectivity index (χ0) is 13.0. The van der Waals surface area contributed by atoms with E-state index in [0.29, 0.717) is 30.9 Å². The molecule has 0 atom stereocenters. The molecule has 100 valence electrons. The number of nitrogens with zero attached hydrogens (tertiary/aromatic N) is 2. The highest BCUT2D eigenvalue weighted by Gasteiger charge is 2.21. The minimum absolute atomic E-state index is 0.149. The van der Waals surface area contributed by atoms with Gasteiger partial charge in [-0.25, -0.2) is 4.39 Å². The highest BCUT2D eigenvalue weighted by molar-refractivity contribution is 5.55. The molecular formula is C13H19FN2O2. The first kappa shape index (κ1) is 13.3. The average Bonchev–Trinajstić information content (AvgIpc) is 2.40. The van der Waals surface area contributed by atoms with Crippen molar-refractivity contribution >= 4 is 5.69 Å². The SMILES string of the molecule is OCCN1CCN(c2c(F)cccc2CO)CC1.